The molecule has 5 fully saturated rings. The van der Waals surface area contributed by atoms with Crippen LogP contribution in [0.3, 0.4) is 0 Å². The summed E-state index contributed by atoms with van der Waals surface area (Å²) >= 11 is 0. The van der Waals surface area contributed by atoms with Gasteiger partial charge in [-0.15, -0.1) is 0 Å². The van der Waals surface area contributed by atoms with E-state index in [9.17, 15) is 5.11 Å². The van der Waals surface area contributed by atoms with Crippen molar-refractivity contribution in [3.8, 4) is 0 Å². The van der Waals surface area contributed by atoms with Crippen LogP contribution in [0.1, 0.15) is 65.2 Å². The molecule has 0 radical (unpaired) electrons. The smallest absolute Gasteiger partial charge is 0.174 e. The molecule has 2 spiro atoms. The Morgan fingerprint density at radius 1 is 0.778 bits per heavy atom. The second-order valence-electron chi connectivity index (χ2n) is 10.1. The number of fused-ring (bicyclic) bond motifs is 4. The first kappa shape index (κ1) is 18.8. The highest BCUT2D eigenvalue weighted by Gasteiger charge is 2.69. The second-order valence-corrected chi connectivity index (χ2v) is 10.1. The van der Waals surface area contributed by atoms with Crippen LogP contribution in [-0.4, -0.2) is 49.7 Å². The van der Waals surface area contributed by atoms with Crippen LogP contribution in [0.4, 0.5) is 0 Å². The van der Waals surface area contributed by atoms with Crippen LogP contribution in [-0.2, 0) is 18.9 Å². The van der Waals surface area contributed by atoms with E-state index in [4.69, 9.17) is 18.9 Å². The van der Waals surface area contributed by atoms with Gasteiger partial charge in [-0.25, -0.2) is 0 Å². The Hall–Kier alpha value is -0.200. The minimum atomic E-state index is -0.437. The summed E-state index contributed by atoms with van der Waals surface area (Å²) in [5.74, 6) is 1.15. The Balaban J connectivity index is 1.47. The zero-order valence-electron chi connectivity index (χ0n) is 17.0. The van der Waals surface area contributed by atoms with Gasteiger partial charge in [0.05, 0.1) is 26.4 Å². The molecule has 5 atom stereocenters. The third kappa shape index (κ3) is 2.35. The van der Waals surface area contributed by atoms with Crippen LogP contribution in [0, 0.1) is 28.6 Å². The van der Waals surface area contributed by atoms with Crippen molar-refractivity contribution in [1.29, 1.82) is 0 Å². The molecule has 0 aromatic rings. The zero-order valence-corrected chi connectivity index (χ0v) is 17.0. The lowest BCUT2D eigenvalue weighted by atomic mass is 9.47. The molecule has 27 heavy (non-hydrogen) atoms. The number of rotatable bonds is 3. The van der Waals surface area contributed by atoms with Crippen LogP contribution in [0.15, 0.2) is 0 Å². The molecule has 0 aromatic carbocycles. The Labute approximate surface area is 163 Å². The van der Waals surface area contributed by atoms with E-state index in [1.54, 1.807) is 0 Å². The fourth-order valence-corrected chi connectivity index (χ4v) is 8.04. The quantitative estimate of drug-likeness (QED) is 0.812. The molecule has 5 aliphatic rings. The number of aliphatic hydroxyl groups is 1. The zero-order chi connectivity index (χ0) is 18.8. The van der Waals surface area contributed by atoms with E-state index in [0.29, 0.717) is 31.0 Å². The highest BCUT2D eigenvalue weighted by atomic mass is 16.7. The highest BCUT2D eigenvalue weighted by Crippen LogP contribution is 2.69. The Morgan fingerprint density at radius 3 is 2.04 bits per heavy atom. The van der Waals surface area contributed by atoms with Gasteiger partial charge < -0.3 is 24.1 Å². The highest BCUT2D eigenvalue weighted by molar-refractivity contribution is 5.14. The number of hydrogen-bond donors (Lipinski definition) is 1. The molecule has 0 aromatic heterocycles. The van der Waals surface area contributed by atoms with Gasteiger partial charge in [-0.3, -0.25) is 0 Å². The number of ether oxygens (including phenoxy) is 4. The molecule has 0 unspecified atom stereocenters. The van der Waals surface area contributed by atoms with Gasteiger partial charge in [0.2, 0.25) is 0 Å². The van der Waals surface area contributed by atoms with Gasteiger partial charge in [-0.1, -0.05) is 13.8 Å². The van der Waals surface area contributed by atoms with E-state index in [1.807, 2.05) is 0 Å². The van der Waals surface area contributed by atoms with Crippen molar-refractivity contribution in [3.63, 3.8) is 0 Å². The summed E-state index contributed by atoms with van der Waals surface area (Å²) in [6, 6.07) is 0. The van der Waals surface area contributed by atoms with Crippen molar-refractivity contribution in [2.24, 2.45) is 28.6 Å². The molecule has 5 rings (SSSR count). The van der Waals surface area contributed by atoms with E-state index < -0.39 is 5.79 Å². The predicted octanol–water partition coefficient (Wildman–Crippen LogP) is 3.49. The second kappa shape index (κ2) is 6.40. The monoisotopic (exact) mass is 380 g/mol. The van der Waals surface area contributed by atoms with Crippen molar-refractivity contribution in [1.82, 2.24) is 0 Å². The summed E-state index contributed by atoms with van der Waals surface area (Å²) in [7, 11) is 0. The fraction of sp³-hybridized carbons (Fsp3) is 1.00. The van der Waals surface area contributed by atoms with Crippen molar-refractivity contribution in [2.45, 2.75) is 76.8 Å². The third-order valence-electron chi connectivity index (χ3n) is 9.34. The Kier molecular flexibility index (Phi) is 4.46. The minimum Gasteiger partial charge on any atom is -0.396 e. The molecule has 5 nitrogen and oxygen atoms in total. The summed E-state index contributed by atoms with van der Waals surface area (Å²) in [5, 5.41) is 9.55. The van der Waals surface area contributed by atoms with Crippen molar-refractivity contribution >= 4 is 0 Å². The van der Waals surface area contributed by atoms with E-state index >= 15 is 0 Å². The van der Waals surface area contributed by atoms with Crippen LogP contribution >= 0.6 is 0 Å². The predicted molar refractivity (Wildman–Crippen MR) is 100.0 cm³/mol. The van der Waals surface area contributed by atoms with Crippen molar-refractivity contribution in [3.05, 3.63) is 0 Å². The summed E-state index contributed by atoms with van der Waals surface area (Å²) < 4.78 is 25.2. The largest absolute Gasteiger partial charge is 0.396 e. The molecular weight excluding hydrogens is 344 g/mol. The molecule has 0 bridgehead atoms. The van der Waals surface area contributed by atoms with Crippen molar-refractivity contribution in [2.75, 3.05) is 33.0 Å². The summed E-state index contributed by atoms with van der Waals surface area (Å²) in [6.07, 6.45) is 8.56. The van der Waals surface area contributed by atoms with Crippen molar-refractivity contribution < 1.29 is 24.1 Å². The molecule has 154 valence electrons. The Bertz CT molecular complexity index is 567. The van der Waals surface area contributed by atoms with Gasteiger partial charge in [0.15, 0.2) is 11.6 Å². The molecule has 2 heterocycles. The van der Waals surface area contributed by atoms with E-state index in [0.717, 1.165) is 45.3 Å². The maximum Gasteiger partial charge on any atom is 0.174 e. The maximum absolute atomic E-state index is 9.55. The van der Waals surface area contributed by atoms with Gasteiger partial charge in [-0.2, -0.15) is 0 Å². The molecule has 2 aliphatic heterocycles. The molecule has 5 heteroatoms. The fourth-order valence-electron chi connectivity index (χ4n) is 8.04. The van der Waals surface area contributed by atoms with E-state index in [1.165, 1.54) is 19.3 Å². The molecule has 0 amide bonds. The molecule has 3 aliphatic carbocycles. The molecule has 2 saturated heterocycles. The van der Waals surface area contributed by atoms with Gasteiger partial charge in [-0.05, 0) is 56.3 Å². The van der Waals surface area contributed by atoms with Gasteiger partial charge in [0.25, 0.3) is 0 Å². The van der Waals surface area contributed by atoms with E-state index in [2.05, 4.69) is 13.8 Å². The van der Waals surface area contributed by atoms with Crippen LogP contribution in [0.5, 0.6) is 0 Å². The topological polar surface area (TPSA) is 57.2 Å². The first-order chi connectivity index (χ1) is 13.0. The lowest BCUT2D eigenvalue weighted by Crippen LogP contribution is -2.62. The average Bonchev–Trinajstić information content (AvgIpc) is 3.39. The van der Waals surface area contributed by atoms with Crippen LogP contribution in [0.25, 0.3) is 0 Å². The van der Waals surface area contributed by atoms with Crippen LogP contribution in [0.2, 0.25) is 0 Å². The summed E-state index contributed by atoms with van der Waals surface area (Å²) in [4.78, 5) is 0. The number of aliphatic hydroxyl groups excluding tert-OH is 1. The Morgan fingerprint density at radius 2 is 1.37 bits per heavy atom. The lowest BCUT2D eigenvalue weighted by Gasteiger charge is -2.61. The van der Waals surface area contributed by atoms with Gasteiger partial charge >= 0.3 is 0 Å². The van der Waals surface area contributed by atoms with Gasteiger partial charge in [0.1, 0.15) is 0 Å². The van der Waals surface area contributed by atoms with Gasteiger partial charge in [0, 0.05) is 30.3 Å². The first-order valence-corrected chi connectivity index (χ1v) is 11.2. The molecule has 3 saturated carbocycles. The van der Waals surface area contributed by atoms with E-state index in [-0.39, 0.29) is 23.2 Å². The molecule has 1 N–H and O–H groups in total. The number of hydrogen-bond acceptors (Lipinski definition) is 5. The SMILES string of the molecule is C[C@]12CC[C@H]3[C@@H](CCC4(OCCO4)[C@]3(C)CCCO)[C@@H]1CCC21OCCO1. The third-order valence-corrected chi connectivity index (χ3v) is 9.34. The standard InChI is InChI=1S/C22H36O5/c1-19(7-3-11-23)17-5-8-20(2)18(6-10-22(20)26-14-15-27-22)16(17)4-9-21(19)24-12-13-25-21/h16-18,23H,3-15H2,1-2H3/t16-,17+,18+,19-,20+/m1/s1. The maximum atomic E-state index is 9.55. The summed E-state index contributed by atoms with van der Waals surface area (Å²) in [6.45, 7) is 7.97. The average molecular weight is 381 g/mol. The first-order valence-electron chi connectivity index (χ1n) is 11.2. The normalized spacial score (nSPS) is 47.4. The summed E-state index contributed by atoms with van der Waals surface area (Å²) in [5.41, 5.74) is 0.105. The molecular formula is C22H36O5. The minimum absolute atomic E-state index is 0.0242. The lowest BCUT2D eigenvalue weighted by molar-refractivity contribution is -0.302. The van der Waals surface area contributed by atoms with Crippen LogP contribution < -0.4 is 0 Å².